The summed E-state index contributed by atoms with van der Waals surface area (Å²) in [5.41, 5.74) is -0.818. The van der Waals surface area contributed by atoms with Crippen LogP contribution in [0.3, 0.4) is 0 Å². The molecule has 1 aliphatic rings. The molecule has 1 rings (SSSR count). The van der Waals surface area contributed by atoms with Crippen LogP contribution in [-0.4, -0.2) is 42.7 Å². The first-order valence-electron chi connectivity index (χ1n) is 5.39. The Bertz CT molecular complexity index is 305. The van der Waals surface area contributed by atoms with Crippen molar-refractivity contribution in [2.75, 3.05) is 11.5 Å². The van der Waals surface area contributed by atoms with E-state index >= 15 is 0 Å². The van der Waals surface area contributed by atoms with Crippen molar-refractivity contribution >= 4 is 9.84 Å². The molecule has 5 heteroatoms. The van der Waals surface area contributed by atoms with Gasteiger partial charge in [-0.1, -0.05) is 0 Å². The van der Waals surface area contributed by atoms with Gasteiger partial charge in [0.25, 0.3) is 0 Å². The zero-order valence-corrected chi connectivity index (χ0v) is 10.5. The van der Waals surface area contributed by atoms with Crippen LogP contribution in [-0.2, 0) is 9.84 Å². The summed E-state index contributed by atoms with van der Waals surface area (Å²) in [6.07, 6.45) is 1.60. The Morgan fingerprint density at radius 1 is 1.47 bits per heavy atom. The van der Waals surface area contributed by atoms with E-state index in [1.165, 1.54) is 0 Å². The van der Waals surface area contributed by atoms with Crippen molar-refractivity contribution in [1.82, 2.24) is 5.32 Å². The van der Waals surface area contributed by atoms with Crippen LogP contribution in [0.1, 0.15) is 33.6 Å². The Labute approximate surface area is 92.0 Å². The lowest BCUT2D eigenvalue weighted by atomic mass is 9.99. The van der Waals surface area contributed by atoms with Crippen molar-refractivity contribution in [3.8, 4) is 0 Å². The molecule has 2 N–H and O–H groups in total. The van der Waals surface area contributed by atoms with E-state index in [1.54, 1.807) is 13.8 Å². The molecule has 0 aliphatic carbocycles. The molecule has 90 valence electrons. The van der Waals surface area contributed by atoms with Gasteiger partial charge in [0.05, 0.1) is 17.1 Å². The predicted molar refractivity (Wildman–Crippen MR) is 60.6 cm³/mol. The summed E-state index contributed by atoms with van der Waals surface area (Å²) < 4.78 is 22.8. The summed E-state index contributed by atoms with van der Waals surface area (Å²) in [6, 6.07) is -0.110. The van der Waals surface area contributed by atoms with Gasteiger partial charge in [0.15, 0.2) is 9.84 Å². The number of nitrogens with one attached hydrogen (secondary N) is 1. The largest absolute Gasteiger partial charge is 0.389 e. The molecule has 0 radical (unpaired) electrons. The van der Waals surface area contributed by atoms with Gasteiger partial charge in [-0.05, 0) is 33.6 Å². The van der Waals surface area contributed by atoms with Crippen molar-refractivity contribution in [3.63, 3.8) is 0 Å². The Morgan fingerprint density at radius 2 is 2.07 bits per heavy atom. The van der Waals surface area contributed by atoms with E-state index in [0.717, 1.165) is 12.8 Å². The minimum absolute atomic E-state index is 0.00910. The van der Waals surface area contributed by atoms with E-state index in [-0.39, 0.29) is 17.8 Å². The molecule has 0 saturated carbocycles. The van der Waals surface area contributed by atoms with Gasteiger partial charge in [-0.2, -0.15) is 0 Å². The van der Waals surface area contributed by atoms with Gasteiger partial charge >= 0.3 is 0 Å². The van der Waals surface area contributed by atoms with Crippen LogP contribution in [0.15, 0.2) is 0 Å². The topological polar surface area (TPSA) is 66.4 Å². The van der Waals surface area contributed by atoms with Crippen molar-refractivity contribution in [2.45, 2.75) is 51.3 Å². The van der Waals surface area contributed by atoms with Gasteiger partial charge in [0.2, 0.25) is 0 Å². The maximum atomic E-state index is 11.4. The number of sulfone groups is 1. The number of rotatable bonds is 3. The summed E-state index contributed by atoms with van der Waals surface area (Å²) >= 11 is 0. The zero-order valence-electron chi connectivity index (χ0n) is 9.66. The van der Waals surface area contributed by atoms with Crippen molar-refractivity contribution in [3.05, 3.63) is 0 Å². The van der Waals surface area contributed by atoms with Crippen LogP contribution in [0.5, 0.6) is 0 Å². The molecular weight excluding hydrogens is 214 g/mol. The van der Waals surface area contributed by atoms with Crippen LogP contribution in [0.4, 0.5) is 0 Å². The summed E-state index contributed by atoms with van der Waals surface area (Å²) in [5.74, 6) is 0.509. The molecule has 15 heavy (non-hydrogen) atoms. The highest BCUT2D eigenvalue weighted by Crippen LogP contribution is 2.15. The lowest BCUT2D eigenvalue weighted by Gasteiger charge is -2.32. The van der Waals surface area contributed by atoms with Gasteiger partial charge in [-0.15, -0.1) is 0 Å². The molecule has 0 aromatic rings. The van der Waals surface area contributed by atoms with E-state index in [1.807, 2.05) is 6.92 Å². The summed E-state index contributed by atoms with van der Waals surface area (Å²) in [7, 11) is -2.87. The molecule has 1 saturated heterocycles. The van der Waals surface area contributed by atoms with Gasteiger partial charge in [0, 0.05) is 12.1 Å². The number of hydrogen-bond donors (Lipinski definition) is 2. The second-order valence-electron chi connectivity index (χ2n) is 5.00. The smallest absolute Gasteiger partial charge is 0.151 e. The van der Waals surface area contributed by atoms with E-state index in [0.29, 0.717) is 5.75 Å². The Hall–Kier alpha value is -0.130. The van der Waals surface area contributed by atoms with E-state index in [2.05, 4.69) is 5.32 Å². The lowest BCUT2D eigenvalue weighted by Crippen LogP contribution is -2.52. The third-order valence-corrected chi connectivity index (χ3v) is 4.83. The first-order chi connectivity index (χ1) is 6.71. The van der Waals surface area contributed by atoms with Crippen LogP contribution >= 0.6 is 0 Å². The molecular formula is C10H21NO3S. The third-order valence-electron chi connectivity index (χ3n) is 3.01. The maximum absolute atomic E-state index is 11.4. The summed E-state index contributed by atoms with van der Waals surface area (Å²) in [4.78, 5) is 0. The van der Waals surface area contributed by atoms with Crippen molar-refractivity contribution in [2.24, 2.45) is 0 Å². The van der Waals surface area contributed by atoms with Crippen LogP contribution < -0.4 is 5.32 Å². The van der Waals surface area contributed by atoms with Gasteiger partial charge < -0.3 is 10.4 Å². The maximum Gasteiger partial charge on any atom is 0.151 e. The predicted octanol–water partition coefficient (Wildman–Crippen LogP) is 0.313. The molecule has 1 aliphatic heterocycles. The zero-order chi connectivity index (χ0) is 11.7. The fraction of sp³-hybridized carbons (Fsp3) is 1.00. The SMILES string of the molecule is CC(NC1CCCS(=O)(=O)C1)C(C)(C)O. The van der Waals surface area contributed by atoms with Gasteiger partial charge in [0.1, 0.15) is 0 Å². The minimum atomic E-state index is -2.87. The van der Waals surface area contributed by atoms with E-state index in [9.17, 15) is 13.5 Å². The Kier molecular flexibility index (Phi) is 3.79. The first kappa shape index (κ1) is 12.9. The minimum Gasteiger partial charge on any atom is -0.389 e. The number of hydrogen-bond acceptors (Lipinski definition) is 4. The molecule has 0 aromatic carbocycles. The molecule has 0 aromatic heterocycles. The fourth-order valence-corrected chi connectivity index (χ4v) is 3.36. The van der Waals surface area contributed by atoms with Crippen LogP contribution in [0, 0.1) is 0 Å². The second-order valence-corrected chi connectivity index (χ2v) is 7.22. The molecule has 0 amide bonds. The highest BCUT2D eigenvalue weighted by Gasteiger charge is 2.29. The Balaban J connectivity index is 2.53. The molecule has 1 heterocycles. The van der Waals surface area contributed by atoms with Crippen molar-refractivity contribution < 1.29 is 13.5 Å². The third kappa shape index (κ3) is 4.09. The molecule has 0 spiro atoms. The van der Waals surface area contributed by atoms with E-state index in [4.69, 9.17) is 0 Å². The van der Waals surface area contributed by atoms with Gasteiger partial charge in [-0.25, -0.2) is 8.42 Å². The summed E-state index contributed by atoms with van der Waals surface area (Å²) in [5, 5.41) is 12.9. The quantitative estimate of drug-likeness (QED) is 0.739. The Morgan fingerprint density at radius 3 is 2.53 bits per heavy atom. The monoisotopic (exact) mass is 235 g/mol. The average molecular weight is 235 g/mol. The highest BCUT2D eigenvalue weighted by molar-refractivity contribution is 7.91. The summed E-state index contributed by atoms with van der Waals surface area (Å²) in [6.45, 7) is 5.32. The molecule has 4 nitrogen and oxygen atoms in total. The number of aliphatic hydroxyl groups is 1. The average Bonchev–Trinajstić information content (AvgIpc) is 2.00. The van der Waals surface area contributed by atoms with Gasteiger partial charge in [-0.3, -0.25) is 0 Å². The first-order valence-corrected chi connectivity index (χ1v) is 7.22. The fourth-order valence-electron chi connectivity index (χ4n) is 1.71. The second kappa shape index (κ2) is 4.39. The lowest BCUT2D eigenvalue weighted by molar-refractivity contribution is 0.0401. The molecule has 2 unspecified atom stereocenters. The highest BCUT2D eigenvalue weighted by atomic mass is 32.2. The van der Waals surface area contributed by atoms with E-state index < -0.39 is 15.4 Å². The van der Waals surface area contributed by atoms with Crippen LogP contribution in [0.25, 0.3) is 0 Å². The van der Waals surface area contributed by atoms with Crippen LogP contribution in [0.2, 0.25) is 0 Å². The molecule has 0 bridgehead atoms. The molecule has 1 fully saturated rings. The van der Waals surface area contributed by atoms with Crippen molar-refractivity contribution in [1.29, 1.82) is 0 Å². The standard InChI is InChI=1S/C10H21NO3S/c1-8(10(2,3)12)11-9-5-4-6-15(13,14)7-9/h8-9,11-12H,4-7H2,1-3H3. The molecule has 2 atom stereocenters. The normalized spacial score (nSPS) is 28.7.